The molecule has 7 heteroatoms. The fraction of sp³-hybridized carbons (Fsp3) is 0. The summed E-state index contributed by atoms with van der Waals surface area (Å²) in [4.78, 5) is 0. The Morgan fingerprint density at radius 2 is 0.286 bits per heavy atom. The molecule has 0 saturated heterocycles. The van der Waals surface area contributed by atoms with Crippen LogP contribution in [0.3, 0.4) is 0 Å². The van der Waals surface area contributed by atoms with E-state index in [0.29, 0.717) is 0 Å². The monoisotopic (exact) mass is 168 g/mol. The van der Waals surface area contributed by atoms with E-state index in [1.807, 2.05) is 0 Å². The quantitative estimate of drug-likeness (QED) is 0.315. The predicted octanol–water partition coefficient (Wildman–Crippen LogP) is -20.2. The van der Waals surface area contributed by atoms with Crippen molar-refractivity contribution >= 4 is 0 Å². The first-order chi connectivity index (χ1) is 0. The summed E-state index contributed by atoms with van der Waals surface area (Å²) in [5.74, 6) is 0. The summed E-state index contributed by atoms with van der Waals surface area (Å²) >= 11 is 0. The van der Waals surface area contributed by atoms with Crippen molar-refractivity contribution in [1.82, 2.24) is 0 Å². The Labute approximate surface area is 211 Å². The standard InChI is InChI=1S/7Na.7H/q7*+1;7*-1. The van der Waals surface area contributed by atoms with E-state index in [0.717, 1.165) is 0 Å². The molecule has 0 unspecified atom stereocenters. The second kappa shape index (κ2) is 38.2. The van der Waals surface area contributed by atoms with Crippen LogP contribution in [0.2, 0.25) is 0 Å². The van der Waals surface area contributed by atoms with Crippen LogP contribution < -0.4 is 207 Å². The molecular weight excluding hydrogens is 161 g/mol. The molecule has 0 nitrogen and oxygen atoms in total. The van der Waals surface area contributed by atoms with Crippen LogP contribution in [0, 0.1) is 0 Å². The van der Waals surface area contributed by atoms with Crippen LogP contribution in [0.4, 0.5) is 0 Å². The maximum Gasteiger partial charge on any atom is 1.00 e. The van der Waals surface area contributed by atoms with Crippen molar-refractivity contribution in [2.24, 2.45) is 0 Å². The van der Waals surface area contributed by atoms with Crippen molar-refractivity contribution < 1.29 is 217 Å². The molecule has 0 heterocycles. The van der Waals surface area contributed by atoms with E-state index in [4.69, 9.17) is 0 Å². The van der Waals surface area contributed by atoms with Gasteiger partial charge in [0, 0.05) is 0 Å². The molecule has 0 aromatic heterocycles. The molecule has 0 spiro atoms. The van der Waals surface area contributed by atoms with Crippen LogP contribution in [-0.4, -0.2) is 0 Å². The fourth-order valence-corrected chi connectivity index (χ4v) is 0. The molecule has 0 N–H and O–H groups in total. The van der Waals surface area contributed by atoms with Crippen LogP contribution in [0.1, 0.15) is 9.99 Å². The van der Waals surface area contributed by atoms with Crippen molar-refractivity contribution in [1.29, 1.82) is 0 Å². The number of rotatable bonds is 0. The molecule has 7 heavy (non-hydrogen) atoms. The van der Waals surface area contributed by atoms with E-state index in [1.54, 1.807) is 0 Å². The summed E-state index contributed by atoms with van der Waals surface area (Å²) in [6.45, 7) is 0. The molecule has 0 aliphatic carbocycles. The van der Waals surface area contributed by atoms with Gasteiger partial charge in [-0.2, -0.15) is 0 Å². The van der Waals surface area contributed by atoms with Crippen molar-refractivity contribution in [3.05, 3.63) is 0 Å². The zero-order chi connectivity index (χ0) is 0. The summed E-state index contributed by atoms with van der Waals surface area (Å²) in [6.07, 6.45) is 0. The Morgan fingerprint density at radius 3 is 0.286 bits per heavy atom. The Kier molecular flexibility index (Phi) is 264. The van der Waals surface area contributed by atoms with Crippen LogP contribution >= 0.6 is 0 Å². The van der Waals surface area contributed by atoms with E-state index in [1.165, 1.54) is 0 Å². The van der Waals surface area contributed by atoms with Gasteiger partial charge in [-0.25, -0.2) is 0 Å². The molecule has 14 valence electrons. The van der Waals surface area contributed by atoms with Crippen LogP contribution in [-0.2, 0) is 0 Å². The molecule has 0 aromatic carbocycles. The summed E-state index contributed by atoms with van der Waals surface area (Å²) in [5.41, 5.74) is 0. The van der Waals surface area contributed by atoms with Gasteiger partial charge in [-0.15, -0.1) is 0 Å². The van der Waals surface area contributed by atoms with Gasteiger partial charge in [0.05, 0.1) is 0 Å². The molecule has 0 aliphatic heterocycles. The minimum Gasteiger partial charge on any atom is -1.00 e. The molecule has 0 atom stereocenters. The Balaban J connectivity index is 0. The van der Waals surface area contributed by atoms with Gasteiger partial charge in [-0.05, 0) is 0 Å². The summed E-state index contributed by atoms with van der Waals surface area (Å²) in [5, 5.41) is 0. The molecule has 0 rings (SSSR count). The molecular formula is H7Na7. The van der Waals surface area contributed by atoms with Crippen LogP contribution in [0.15, 0.2) is 0 Å². The third-order valence-corrected chi connectivity index (χ3v) is 0. The van der Waals surface area contributed by atoms with Crippen molar-refractivity contribution in [3.8, 4) is 0 Å². The van der Waals surface area contributed by atoms with E-state index in [-0.39, 0.29) is 217 Å². The van der Waals surface area contributed by atoms with Crippen molar-refractivity contribution in [2.45, 2.75) is 0 Å². The first-order valence-electron chi connectivity index (χ1n) is 0. The first-order valence-corrected chi connectivity index (χ1v) is 0. The third kappa shape index (κ3) is 32.1. The molecule has 0 aromatic rings. The fourth-order valence-electron chi connectivity index (χ4n) is 0. The minimum absolute atomic E-state index is 0. The van der Waals surface area contributed by atoms with Crippen molar-refractivity contribution in [3.63, 3.8) is 0 Å². The van der Waals surface area contributed by atoms with Crippen LogP contribution in [0.5, 0.6) is 0 Å². The van der Waals surface area contributed by atoms with Gasteiger partial charge in [0.2, 0.25) is 0 Å². The van der Waals surface area contributed by atoms with Gasteiger partial charge in [0.15, 0.2) is 0 Å². The predicted molar refractivity (Wildman–Crippen MR) is 7.78 cm³/mol. The average molecular weight is 168 g/mol. The second-order valence-corrected chi connectivity index (χ2v) is 0. The number of hydrogen-bond acceptors (Lipinski definition) is 0. The first kappa shape index (κ1) is 48.3. The zero-order valence-corrected chi connectivity index (χ0v) is 21.0. The van der Waals surface area contributed by atoms with E-state index < -0.39 is 0 Å². The maximum atomic E-state index is 0. The largest absolute Gasteiger partial charge is 1.00 e. The molecule has 0 radical (unpaired) electrons. The van der Waals surface area contributed by atoms with E-state index in [9.17, 15) is 0 Å². The SMILES string of the molecule is [H-].[H-].[H-].[H-].[H-].[H-].[H-].[Na+].[Na+].[Na+].[Na+].[Na+].[Na+].[Na+]. The van der Waals surface area contributed by atoms with Gasteiger partial charge in [0.25, 0.3) is 0 Å². The maximum absolute atomic E-state index is 0. The minimum atomic E-state index is 0. The normalized spacial score (nSPS) is 0. The third-order valence-electron chi connectivity index (χ3n) is 0. The summed E-state index contributed by atoms with van der Waals surface area (Å²) in [6, 6.07) is 0. The van der Waals surface area contributed by atoms with Gasteiger partial charge < -0.3 is 9.99 Å². The molecule has 0 fully saturated rings. The van der Waals surface area contributed by atoms with Crippen LogP contribution in [0.25, 0.3) is 0 Å². The Hall–Kier alpha value is 7.00. The van der Waals surface area contributed by atoms with Gasteiger partial charge in [-0.1, -0.05) is 0 Å². The van der Waals surface area contributed by atoms with Crippen molar-refractivity contribution in [2.75, 3.05) is 0 Å². The van der Waals surface area contributed by atoms with E-state index in [2.05, 4.69) is 0 Å². The smallest absolute Gasteiger partial charge is 1.00 e. The molecule has 0 saturated carbocycles. The zero-order valence-electron chi connectivity index (χ0n) is 14.0. The summed E-state index contributed by atoms with van der Waals surface area (Å²) < 4.78 is 0. The van der Waals surface area contributed by atoms with E-state index >= 15 is 0 Å². The van der Waals surface area contributed by atoms with Gasteiger partial charge in [0.1, 0.15) is 0 Å². The van der Waals surface area contributed by atoms with Gasteiger partial charge in [-0.3, -0.25) is 0 Å². The molecule has 0 aliphatic rings. The Bertz CT molecular complexity index is 14.0. The topological polar surface area (TPSA) is 0 Å². The summed E-state index contributed by atoms with van der Waals surface area (Å²) in [7, 11) is 0. The average Bonchev–Trinajstić information content (AvgIpc) is 0. The molecule has 0 bridgehead atoms. The second-order valence-electron chi connectivity index (χ2n) is 0. The number of hydrogen-bond donors (Lipinski definition) is 0. The Morgan fingerprint density at radius 1 is 0.286 bits per heavy atom. The molecule has 0 amide bonds. The van der Waals surface area contributed by atoms with Gasteiger partial charge >= 0.3 is 207 Å².